The van der Waals surface area contributed by atoms with Gasteiger partial charge in [-0.1, -0.05) is 48.5 Å². The Kier molecular flexibility index (Phi) is 10.7. The number of rotatable bonds is 8. The molecule has 0 saturated carbocycles. The minimum Gasteiger partial charge on any atom is -0.507 e. The molecule has 11 aromatic rings. The molecule has 0 saturated heterocycles. The Labute approximate surface area is 434 Å². The third-order valence-electron chi connectivity index (χ3n) is 14.6. The Morgan fingerprint density at radius 1 is 0.303 bits per heavy atom. The van der Waals surface area contributed by atoms with Crippen molar-refractivity contribution in [3.8, 4) is 90.5 Å². The highest BCUT2D eigenvalue weighted by Gasteiger charge is 2.25. The molecule has 5 heterocycles. The number of nitrogens with zero attached hydrogens (tertiary/aromatic N) is 2. The molecule has 8 aromatic carbocycles. The molecule has 2 aliphatic rings. The van der Waals surface area contributed by atoms with E-state index < -0.39 is 0 Å². The molecule has 0 spiro atoms. The molecule has 0 radical (unpaired) electrons. The predicted octanol–water partition coefficient (Wildman–Crippen LogP) is 14.8. The Bertz CT molecular complexity index is 3970. The van der Waals surface area contributed by atoms with E-state index in [-0.39, 0.29) is 23.0 Å². The number of H-pyrrole nitrogens is 2. The van der Waals surface area contributed by atoms with Gasteiger partial charge in [-0.05, 0) is 144 Å². The molecule has 6 N–H and O–H groups in total. The van der Waals surface area contributed by atoms with E-state index in [2.05, 4.69) is 9.97 Å². The summed E-state index contributed by atoms with van der Waals surface area (Å²) in [7, 11) is 6.43. The number of hydrogen-bond donors (Lipinski definition) is 6. The lowest BCUT2D eigenvalue weighted by atomic mass is 9.95. The summed E-state index contributed by atoms with van der Waals surface area (Å²) in [6.45, 7) is 0. The second kappa shape index (κ2) is 17.8. The number of ether oxygens (including phenoxy) is 4. The quantitative estimate of drug-likeness (QED) is 0.0859. The molecule has 12 nitrogen and oxygen atoms in total. The van der Waals surface area contributed by atoms with Crippen LogP contribution >= 0.6 is 0 Å². The smallest absolute Gasteiger partial charge is 0.126 e. The summed E-state index contributed by atoms with van der Waals surface area (Å²) in [4.78, 5) is 18.7. The van der Waals surface area contributed by atoms with E-state index in [9.17, 15) is 20.4 Å². The third kappa shape index (κ3) is 6.98. The minimum absolute atomic E-state index is 0.0573. The predicted molar refractivity (Wildman–Crippen MR) is 303 cm³/mol. The van der Waals surface area contributed by atoms with Gasteiger partial charge in [0.05, 0.1) is 51.2 Å². The molecular weight excluding hydrogens is 953 g/mol. The van der Waals surface area contributed by atoms with Gasteiger partial charge in [-0.3, -0.25) is 0 Å². The van der Waals surface area contributed by atoms with E-state index in [1.807, 2.05) is 121 Å². The number of hydrogen-bond acceptors (Lipinski definition) is 10. The van der Waals surface area contributed by atoms with E-state index >= 15 is 0 Å². The number of aromatic hydroxyl groups is 4. The maximum Gasteiger partial charge on any atom is 0.126 e. The fourth-order valence-corrected chi connectivity index (χ4v) is 11.3. The Morgan fingerprint density at radius 3 is 0.763 bits per heavy atom. The number of aromatic amines is 2. The second-order valence-corrected chi connectivity index (χ2v) is 18.6. The van der Waals surface area contributed by atoms with Gasteiger partial charge in [0, 0.05) is 87.4 Å². The van der Waals surface area contributed by atoms with E-state index in [0.717, 1.165) is 0 Å². The lowest BCUT2D eigenvalue weighted by molar-refractivity contribution is 0.419. The van der Waals surface area contributed by atoms with E-state index in [1.165, 1.54) is 0 Å². The number of nitrogens with one attached hydrogen (secondary N) is 2. The van der Waals surface area contributed by atoms with Crippen LogP contribution in [0.1, 0.15) is 22.8 Å². The van der Waals surface area contributed by atoms with Crippen molar-refractivity contribution in [3.05, 3.63) is 168 Å². The molecule has 0 atom stereocenters. The number of benzene rings is 8. The first-order valence-electron chi connectivity index (χ1n) is 24.5. The number of phenols is 4. The van der Waals surface area contributed by atoms with Crippen LogP contribution in [0.4, 0.5) is 0 Å². The van der Waals surface area contributed by atoms with Crippen molar-refractivity contribution >= 4 is 89.5 Å². The molecule has 3 aromatic heterocycles. The van der Waals surface area contributed by atoms with Gasteiger partial charge in [-0.2, -0.15) is 0 Å². The second-order valence-electron chi connectivity index (χ2n) is 18.6. The Hall–Kier alpha value is -10.2. The maximum atomic E-state index is 11.8. The topological polar surface area (TPSA) is 175 Å². The molecule has 0 fully saturated rings. The maximum absolute atomic E-state index is 11.8. The van der Waals surface area contributed by atoms with Crippen LogP contribution in [0.2, 0.25) is 0 Å². The van der Waals surface area contributed by atoms with Gasteiger partial charge in [0.2, 0.25) is 0 Å². The summed E-state index contributed by atoms with van der Waals surface area (Å²) in [5, 5.41) is 52.3. The first-order valence-corrected chi connectivity index (χ1v) is 24.5. The van der Waals surface area contributed by atoms with Gasteiger partial charge in [0.25, 0.3) is 0 Å². The Balaban J connectivity index is 1.26. The van der Waals surface area contributed by atoms with Crippen molar-refractivity contribution in [3.63, 3.8) is 0 Å². The largest absolute Gasteiger partial charge is 0.507 e. The monoisotopic (exact) mass is 998 g/mol. The van der Waals surface area contributed by atoms with Gasteiger partial charge in [0.15, 0.2) is 0 Å². The highest BCUT2D eigenvalue weighted by Crippen LogP contribution is 2.49. The minimum atomic E-state index is 0.0573. The van der Waals surface area contributed by atoms with Crippen molar-refractivity contribution in [1.82, 2.24) is 19.9 Å². The van der Waals surface area contributed by atoms with E-state index in [0.29, 0.717) is 155 Å². The van der Waals surface area contributed by atoms with Crippen molar-refractivity contribution in [2.45, 2.75) is 0 Å². The lowest BCUT2D eigenvalue weighted by Gasteiger charge is -2.14. The highest BCUT2D eigenvalue weighted by molar-refractivity contribution is 6.14. The van der Waals surface area contributed by atoms with Crippen LogP contribution in [0.15, 0.2) is 146 Å². The third-order valence-corrected chi connectivity index (χ3v) is 14.6. The first kappa shape index (κ1) is 45.6. The van der Waals surface area contributed by atoms with Crippen LogP contribution in [-0.4, -0.2) is 68.8 Å². The summed E-state index contributed by atoms with van der Waals surface area (Å²) in [5.74, 6) is 2.58. The number of fused-ring (bicyclic) bond motifs is 12. The van der Waals surface area contributed by atoms with Crippen LogP contribution in [0.3, 0.4) is 0 Å². The zero-order chi connectivity index (χ0) is 51.9. The van der Waals surface area contributed by atoms with Gasteiger partial charge in [-0.15, -0.1) is 0 Å². The van der Waals surface area contributed by atoms with Crippen LogP contribution in [0.25, 0.3) is 134 Å². The van der Waals surface area contributed by atoms with Crippen LogP contribution < -0.4 is 18.9 Å². The van der Waals surface area contributed by atoms with Crippen molar-refractivity contribution < 1.29 is 39.4 Å². The summed E-state index contributed by atoms with van der Waals surface area (Å²) < 4.78 is 23.4. The molecule has 13 rings (SSSR count). The molecular formula is C64H46N4O8. The molecule has 0 unspecified atom stereocenters. The summed E-state index contributed by atoms with van der Waals surface area (Å²) in [5.41, 5.74) is 10.4. The number of phenolic OH excluding ortho intramolecular Hbond substituents is 4. The van der Waals surface area contributed by atoms with Gasteiger partial charge in [-0.25, -0.2) is 9.97 Å². The van der Waals surface area contributed by atoms with Crippen LogP contribution in [0.5, 0.6) is 46.0 Å². The van der Waals surface area contributed by atoms with Crippen molar-refractivity contribution in [2.75, 3.05) is 28.4 Å². The van der Waals surface area contributed by atoms with E-state index in [1.54, 1.807) is 77.0 Å². The van der Waals surface area contributed by atoms with Crippen LogP contribution in [-0.2, 0) is 0 Å². The fourth-order valence-electron chi connectivity index (χ4n) is 11.3. The highest BCUT2D eigenvalue weighted by atomic mass is 16.5. The number of methoxy groups -OCH3 is 4. The average molecular weight is 999 g/mol. The Morgan fingerprint density at radius 2 is 0.539 bits per heavy atom. The van der Waals surface area contributed by atoms with Crippen molar-refractivity contribution in [2.24, 2.45) is 0 Å². The molecule has 8 bridgehead atoms. The molecule has 12 heteroatoms. The molecule has 2 aliphatic heterocycles. The van der Waals surface area contributed by atoms with Gasteiger partial charge < -0.3 is 49.3 Å². The standard InChI is InChI=1S/C64H46N4O8/c1-73-53-29-17-37(57-33(53)9-5-13-49(57)69)61-41-21-23-43(65-41)62(38-18-30-54(74-2)34-10-6-14-50(70)58(34)38)45-25-27-47(67-45)64(40-20-32-56(76-4)36-12-8-16-52(72)60(36)40)48-28-26-46(68-48)63(44-24-22-42(61)66-44)39-19-31-55(75-3)35-11-7-15-51(71)59(35)39/h5-32,65,68-72H,1-4H3. The molecule has 0 amide bonds. The van der Waals surface area contributed by atoms with Crippen LogP contribution in [0, 0.1) is 0 Å². The summed E-state index contributed by atoms with van der Waals surface area (Å²) >= 11 is 0. The summed E-state index contributed by atoms with van der Waals surface area (Å²) in [6.07, 6.45) is 7.84. The molecule has 76 heavy (non-hydrogen) atoms. The zero-order valence-electron chi connectivity index (χ0n) is 41.5. The first-order chi connectivity index (χ1) is 37.2. The average Bonchev–Trinajstić information content (AvgIpc) is 4.31. The number of aromatic nitrogens is 4. The van der Waals surface area contributed by atoms with Gasteiger partial charge in [0.1, 0.15) is 46.0 Å². The fraction of sp³-hybridized carbons (Fsp3) is 0.0625. The van der Waals surface area contributed by atoms with E-state index in [4.69, 9.17) is 28.9 Å². The normalized spacial score (nSPS) is 12.1. The zero-order valence-corrected chi connectivity index (χ0v) is 41.5. The van der Waals surface area contributed by atoms with Gasteiger partial charge >= 0.3 is 0 Å². The molecule has 0 aliphatic carbocycles. The molecule has 370 valence electrons. The summed E-state index contributed by atoms with van der Waals surface area (Å²) in [6, 6.07) is 44.7. The lowest BCUT2D eigenvalue weighted by Crippen LogP contribution is -1.93. The SMILES string of the molecule is COc1ccc(-c2c3nc(c(-c4ccc(OC)c5cccc(O)c45)c4ccc([nH]4)c(-c4ccc(OC)c5cccc(O)c45)c4nc(c(-c5ccc(OC)c6cccc(O)c56)c5ccc2[nH]5)C=C4)C=C3)c2c(O)cccc12. The van der Waals surface area contributed by atoms with Crippen molar-refractivity contribution in [1.29, 1.82) is 0 Å².